The van der Waals surface area contributed by atoms with Crippen LogP contribution in [0, 0.1) is 0 Å². The van der Waals surface area contributed by atoms with E-state index >= 15 is 0 Å². The first kappa shape index (κ1) is 20.7. The van der Waals surface area contributed by atoms with Crippen LogP contribution in [0.4, 0.5) is 0 Å². The van der Waals surface area contributed by atoms with Gasteiger partial charge < -0.3 is 9.84 Å². The maximum Gasteiger partial charge on any atom is 0.254 e. The van der Waals surface area contributed by atoms with Crippen LogP contribution in [0.5, 0.6) is 11.5 Å². The molecule has 2 amide bonds. The highest BCUT2D eigenvalue weighted by Gasteiger charge is 2.72. The number of phenolic OH excluding ortho intramolecular Hbond substituents is 1. The van der Waals surface area contributed by atoms with E-state index in [0.717, 1.165) is 4.90 Å². The molecule has 1 aliphatic heterocycles. The minimum absolute atomic E-state index is 0.0302. The molecule has 1 aromatic rings. The number of rotatable bonds is 4. The zero-order valence-corrected chi connectivity index (χ0v) is 18.8. The van der Waals surface area contributed by atoms with E-state index in [-0.39, 0.29) is 23.4 Å². The first-order valence-corrected chi connectivity index (χ1v) is 10.5. The Bertz CT molecular complexity index is 890. The summed E-state index contributed by atoms with van der Waals surface area (Å²) in [5.74, 6) is -2.10. The number of likely N-dealkylation sites (tertiary alicyclic amines) is 1. The molecule has 9 heteroatoms. The number of phenols is 1. The third-order valence-corrected chi connectivity index (χ3v) is 7.40. The highest BCUT2D eigenvalue weighted by Crippen LogP contribution is 2.60. The van der Waals surface area contributed by atoms with Gasteiger partial charge in [0.05, 0.1) is 12.6 Å². The summed E-state index contributed by atoms with van der Waals surface area (Å²) in [7, 11) is 1.41. The summed E-state index contributed by atoms with van der Waals surface area (Å²) in [5, 5.41) is 10.7. The predicted molar refractivity (Wildman–Crippen MR) is 111 cm³/mol. The number of aromatic hydroxyl groups is 1. The van der Waals surface area contributed by atoms with Crippen LogP contribution in [0.15, 0.2) is 40.9 Å². The van der Waals surface area contributed by atoms with Crippen molar-refractivity contribution >= 4 is 66.9 Å². The minimum Gasteiger partial charge on any atom is -0.504 e. The van der Waals surface area contributed by atoms with Crippen LogP contribution in [0.3, 0.4) is 0 Å². The maximum atomic E-state index is 13.2. The van der Waals surface area contributed by atoms with Crippen molar-refractivity contribution in [1.29, 1.82) is 0 Å². The number of imide groups is 1. The second kappa shape index (κ2) is 7.10. The molecule has 1 heterocycles. The number of allylic oxidation sites excluding steroid dienone is 3. The topological polar surface area (TPSA) is 66.8 Å². The van der Waals surface area contributed by atoms with Gasteiger partial charge in [0, 0.05) is 16.0 Å². The predicted octanol–water partition coefficient (Wildman–Crippen LogP) is 4.44. The van der Waals surface area contributed by atoms with Crippen LogP contribution in [-0.2, 0) is 9.59 Å². The lowest BCUT2D eigenvalue weighted by atomic mass is 9.68. The molecule has 3 atom stereocenters. The standard InChI is InChI=1S/C18H15Br2Cl2NO4/c1-3-9-4-5-17(21)15(25)23(8-19)16(26)18(17,22)13(9)11-6-10(20)7-12(27-2)14(11)24/h3-4,6-7,13,24H,1,5,8H2,2H3/t13-,17-,18+/m1/s1. The molecule has 0 radical (unpaired) electrons. The van der Waals surface area contributed by atoms with Crippen molar-refractivity contribution in [3.05, 3.63) is 46.5 Å². The molecule has 5 nitrogen and oxygen atoms in total. The van der Waals surface area contributed by atoms with Crippen LogP contribution >= 0.6 is 55.1 Å². The van der Waals surface area contributed by atoms with E-state index in [1.807, 2.05) is 0 Å². The van der Waals surface area contributed by atoms with Crippen molar-refractivity contribution in [2.24, 2.45) is 0 Å². The van der Waals surface area contributed by atoms with Crippen LogP contribution < -0.4 is 4.74 Å². The fourth-order valence-electron chi connectivity index (χ4n) is 3.70. The molecule has 0 aromatic heterocycles. The minimum atomic E-state index is -1.83. The van der Waals surface area contributed by atoms with Crippen LogP contribution in [0.2, 0.25) is 0 Å². The van der Waals surface area contributed by atoms with Gasteiger partial charge in [-0.05, 0) is 24.1 Å². The lowest BCUT2D eigenvalue weighted by molar-refractivity contribution is -0.138. The molecular weight excluding hydrogens is 525 g/mol. The van der Waals surface area contributed by atoms with Gasteiger partial charge in [-0.25, -0.2) is 0 Å². The summed E-state index contributed by atoms with van der Waals surface area (Å²) < 4.78 is 5.82. The van der Waals surface area contributed by atoms with Gasteiger partial charge in [0.1, 0.15) is 0 Å². The monoisotopic (exact) mass is 537 g/mol. The average Bonchev–Trinajstić information content (AvgIpc) is 2.79. The van der Waals surface area contributed by atoms with Gasteiger partial charge in [0.15, 0.2) is 21.2 Å². The number of carbonyl (C=O) groups excluding carboxylic acids is 2. The number of amides is 2. The smallest absolute Gasteiger partial charge is 0.254 e. The third-order valence-electron chi connectivity index (χ3n) is 5.02. The summed E-state index contributed by atoms with van der Waals surface area (Å²) in [4.78, 5) is 23.5. The SMILES string of the molecule is C=CC1=CC[C@@]2(Cl)C(=O)N(CBr)C(=O)[C@@]2(Cl)[C@H]1c1cc(Br)cc(OC)c1O. The normalized spacial score (nSPS) is 30.2. The summed E-state index contributed by atoms with van der Waals surface area (Å²) >= 11 is 20.1. The van der Waals surface area contributed by atoms with E-state index in [1.54, 1.807) is 24.3 Å². The lowest BCUT2D eigenvalue weighted by Gasteiger charge is -2.42. The summed E-state index contributed by atoms with van der Waals surface area (Å²) in [6.07, 6.45) is 3.34. The van der Waals surface area contributed by atoms with Gasteiger partial charge in [-0.1, -0.05) is 50.6 Å². The number of halogens is 4. The zero-order chi connectivity index (χ0) is 20.1. The number of ether oxygens (including phenoxy) is 1. The average molecular weight is 540 g/mol. The van der Waals surface area contributed by atoms with Crippen molar-refractivity contribution in [3.63, 3.8) is 0 Å². The Hall–Kier alpha value is -1.02. The second-order valence-electron chi connectivity index (χ2n) is 6.26. The molecule has 0 saturated carbocycles. The Labute approximate surface area is 183 Å². The zero-order valence-electron chi connectivity index (χ0n) is 14.1. The molecule has 1 aliphatic carbocycles. The van der Waals surface area contributed by atoms with Crippen LogP contribution in [0.1, 0.15) is 17.9 Å². The quantitative estimate of drug-likeness (QED) is 0.349. The number of benzene rings is 1. The van der Waals surface area contributed by atoms with E-state index < -0.39 is 27.5 Å². The second-order valence-corrected chi connectivity index (χ2v) is 8.92. The van der Waals surface area contributed by atoms with Gasteiger partial charge in [-0.3, -0.25) is 14.5 Å². The lowest BCUT2D eigenvalue weighted by Crippen LogP contribution is -2.54. The Balaban J connectivity index is 2.34. The molecule has 144 valence electrons. The number of hydrogen-bond donors (Lipinski definition) is 1. The molecule has 3 rings (SSSR count). The van der Waals surface area contributed by atoms with Crippen molar-refractivity contribution < 1.29 is 19.4 Å². The maximum absolute atomic E-state index is 13.2. The summed E-state index contributed by atoms with van der Waals surface area (Å²) in [5.41, 5.74) is 0.872. The van der Waals surface area contributed by atoms with Gasteiger partial charge in [0.2, 0.25) is 0 Å². The number of fused-ring (bicyclic) bond motifs is 1. The van der Waals surface area contributed by atoms with Gasteiger partial charge in [-0.2, -0.15) is 0 Å². The fraction of sp³-hybridized carbons (Fsp3) is 0.333. The van der Waals surface area contributed by atoms with Gasteiger partial charge >= 0.3 is 0 Å². The van der Waals surface area contributed by atoms with E-state index in [2.05, 4.69) is 38.4 Å². The molecule has 0 bridgehead atoms. The first-order chi connectivity index (χ1) is 12.7. The molecule has 1 saturated heterocycles. The summed E-state index contributed by atoms with van der Waals surface area (Å²) in [6, 6.07) is 3.21. The highest BCUT2D eigenvalue weighted by atomic mass is 79.9. The van der Waals surface area contributed by atoms with E-state index in [9.17, 15) is 14.7 Å². The molecule has 1 N–H and O–H groups in total. The Morgan fingerprint density at radius 2 is 2.07 bits per heavy atom. The van der Waals surface area contributed by atoms with Crippen molar-refractivity contribution in [2.45, 2.75) is 22.1 Å². The summed E-state index contributed by atoms with van der Waals surface area (Å²) in [6.45, 7) is 3.79. The molecular formula is C18H15Br2Cl2NO4. The molecule has 0 spiro atoms. The third kappa shape index (κ3) is 2.69. The molecule has 2 aliphatic rings. The Morgan fingerprint density at radius 3 is 2.63 bits per heavy atom. The fourth-order valence-corrected chi connectivity index (χ4v) is 5.48. The molecule has 1 fully saturated rings. The van der Waals surface area contributed by atoms with Crippen molar-refractivity contribution in [3.8, 4) is 11.5 Å². The van der Waals surface area contributed by atoms with Crippen molar-refractivity contribution in [2.75, 3.05) is 12.6 Å². The number of alkyl halides is 3. The van der Waals surface area contributed by atoms with Crippen LogP contribution in [-0.4, -0.2) is 44.1 Å². The van der Waals surface area contributed by atoms with E-state index in [4.69, 9.17) is 27.9 Å². The number of hydrogen-bond acceptors (Lipinski definition) is 4. The Morgan fingerprint density at radius 1 is 1.41 bits per heavy atom. The first-order valence-electron chi connectivity index (χ1n) is 7.86. The van der Waals surface area contributed by atoms with Crippen molar-refractivity contribution in [1.82, 2.24) is 4.90 Å². The number of methoxy groups -OCH3 is 1. The molecule has 27 heavy (non-hydrogen) atoms. The van der Waals surface area contributed by atoms with E-state index in [0.29, 0.717) is 15.6 Å². The van der Waals surface area contributed by atoms with Gasteiger partial charge in [0.25, 0.3) is 11.8 Å². The largest absolute Gasteiger partial charge is 0.504 e. The van der Waals surface area contributed by atoms with Crippen LogP contribution in [0.25, 0.3) is 0 Å². The molecule has 1 aromatic carbocycles. The van der Waals surface area contributed by atoms with Gasteiger partial charge in [-0.15, -0.1) is 23.2 Å². The Kier molecular flexibility index (Phi) is 5.45. The molecule has 0 unspecified atom stereocenters. The number of carbonyl (C=O) groups is 2. The van der Waals surface area contributed by atoms with E-state index in [1.165, 1.54) is 7.11 Å². The highest BCUT2D eigenvalue weighted by molar-refractivity contribution is 9.10. The number of nitrogens with zero attached hydrogens (tertiary/aromatic N) is 1.